The van der Waals surface area contributed by atoms with Crippen LogP contribution in [0.25, 0.3) is 0 Å². The maximum atomic E-state index is 9.59. The number of benzene rings is 1. The van der Waals surface area contributed by atoms with Crippen LogP contribution in [0.2, 0.25) is 0 Å². The third kappa shape index (κ3) is 5.70. The predicted molar refractivity (Wildman–Crippen MR) is 61.3 cm³/mol. The normalized spacial score (nSPS) is 12.4. The molecule has 0 aromatic heterocycles. The summed E-state index contributed by atoms with van der Waals surface area (Å²) in [6, 6.07) is 9.44. The van der Waals surface area contributed by atoms with E-state index in [1.54, 1.807) is 0 Å². The van der Waals surface area contributed by atoms with E-state index in [4.69, 9.17) is 9.84 Å². The Labute approximate surface area is 95.9 Å². The van der Waals surface area contributed by atoms with Gasteiger partial charge in [0, 0.05) is 13.0 Å². The molecule has 0 aliphatic rings. The Hall–Kier alpha value is -1.10. The van der Waals surface area contributed by atoms with E-state index in [2.05, 4.69) is 0 Å². The summed E-state index contributed by atoms with van der Waals surface area (Å²) < 4.78 is 5.41. The van der Waals surface area contributed by atoms with Gasteiger partial charge in [-0.15, -0.1) is 0 Å². The number of hydrogen-bond donors (Lipinski definition) is 3. The maximum Gasteiger partial charge on any atom is 0.137 e. The Morgan fingerprint density at radius 1 is 1.25 bits per heavy atom. The number of hydrogen-bond acceptors (Lipinski definition) is 3. The van der Waals surface area contributed by atoms with Gasteiger partial charge in [0.05, 0.1) is 6.54 Å². The highest BCUT2D eigenvalue weighted by Gasteiger charge is 2.06. The lowest BCUT2D eigenvalue weighted by atomic mass is 10.3. The molecule has 1 aromatic rings. The molecule has 0 heterocycles. The fourth-order valence-electron chi connectivity index (χ4n) is 1.32. The van der Waals surface area contributed by atoms with Gasteiger partial charge in [0.1, 0.15) is 25.0 Å². The molecular weight excluding hydrogens is 206 g/mol. The van der Waals surface area contributed by atoms with Crippen molar-refractivity contribution in [1.82, 2.24) is 0 Å². The van der Waals surface area contributed by atoms with Crippen molar-refractivity contribution in [3.05, 3.63) is 30.3 Å². The molecule has 0 fully saturated rings. The number of aliphatic hydroxyl groups excluding tert-OH is 2. The van der Waals surface area contributed by atoms with E-state index in [0.29, 0.717) is 13.2 Å². The van der Waals surface area contributed by atoms with Crippen molar-refractivity contribution >= 4 is 0 Å². The van der Waals surface area contributed by atoms with Crippen LogP contribution in [-0.4, -0.2) is 42.6 Å². The van der Waals surface area contributed by atoms with Crippen molar-refractivity contribution in [2.45, 2.75) is 12.5 Å². The Morgan fingerprint density at radius 2 is 2.00 bits per heavy atom. The van der Waals surface area contributed by atoms with Crippen molar-refractivity contribution in [3.8, 4) is 5.75 Å². The lowest BCUT2D eigenvalue weighted by Crippen LogP contribution is -2.86. The van der Waals surface area contributed by atoms with Gasteiger partial charge in [0.2, 0.25) is 0 Å². The van der Waals surface area contributed by atoms with E-state index < -0.39 is 6.10 Å². The Morgan fingerprint density at radius 3 is 2.69 bits per heavy atom. The zero-order valence-electron chi connectivity index (χ0n) is 9.38. The van der Waals surface area contributed by atoms with Crippen LogP contribution in [0.1, 0.15) is 6.42 Å². The molecule has 0 bridgehead atoms. The first-order chi connectivity index (χ1) is 7.83. The number of ether oxygens (including phenoxy) is 1. The smallest absolute Gasteiger partial charge is 0.137 e. The van der Waals surface area contributed by atoms with Crippen molar-refractivity contribution in [2.24, 2.45) is 0 Å². The van der Waals surface area contributed by atoms with E-state index in [-0.39, 0.29) is 6.61 Å². The third-order valence-electron chi connectivity index (χ3n) is 2.19. The SMILES string of the molecule is OCCC[NH2+]C[C@H](O)COc1ccccc1. The molecule has 1 atom stereocenters. The van der Waals surface area contributed by atoms with Crippen molar-refractivity contribution in [3.63, 3.8) is 0 Å². The summed E-state index contributed by atoms with van der Waals surface area (Å²) >= 11 is 0. The molecule has 0 spiro atoms. The van der Waals surface area contributed by atoms with Crippen LogP contribution in [0.5, 0.6) is 5.75 Å². The molecule has 1 rings (SSSR count). The van der Waals surface area contributed by atoms with Crippen LogP contribution in [0.4, 0.5) is 0 Å². The van der Waals surface area contributed by atoms with Crippen LogP contribution in [0, 0.1) is 0 Å². The summed E-state index contributed by atoms with van der Waals surface area (Å²) in [7, 11) is 0. The molecule has 4 nitrogen and oxygen atoms in total. The quantitative estimate of drug-likeness (QED) is 0.517. The molecule has 4 heteroatoms. The molecule has 16 heavy (non-hydrogen) atoms. The van der Waals surface area contributed by atoms with Crippen LogP contribution < -0.4 is 10.1 Å². The lowest BCUT2D eigenvalue weighted by Gasteiger charge is -2.11. The molecule has 0 radical (unpaired) electrons. The summed E-state index contributed by atoms with van der Waals surface area (Å²) in [5.41, 5.74) is 0. The average molecular weight is 226 g/mol. The Kier molecular flexibility index (Phi) is 6.56. The van der Waals surface area contributed by atoms with Gasteiger partial charge < -0.3 is 20.3 Å². The Balaban J connectivity index is 2.08. The maximum absolute atomic E-state index is 9.59. The fraction of sp³-hybridized carbons (Fsp3) is 0.500. The molecule has 0 saturated carbocycles. The minimum atomic E-state index is -0.473. The standard InChI is InChI=1S/C12H19NO3/c14-8-4-7-13-9-11(15)10-16-12-5-2-1-3-6-12/h1-3,5-6,11,13-15H,4,7-10H2/p+1/t11-/m0/s1. The van der Waals surface area contributed by atoms with Gasteiger partial charge in [-0.05, 0) is 12.1 Å². The van der Waals surface area contributed by atoms with Gasteiger partial charge in [-0.1, -0.05) is 18.2 Å². The zero-order valence-corrected chi connectivity index (χ0v) is 9.38. The summed E-state index contributed by atoms with van der Waals surface area (Å²) in [5.74, 6) is 0.775. The first-order valence-corrected chi connectivity index (χ1v) is 5.61. The molecule has 0 aliphatic carbocycles. The monoisotopic (exact) mass is 226 g/mol. The van der Waals surface area contributed by atoms with Gasteiger partial charge in [0.25, 0.3) is 0 Å². The van der Waals surface area contributed by atoms with Crippen molar-refractivity contribution in [2.75, 3.05) is 26.3 Å². The van der Waals surface area contributed by atoms with Crippen molar-refractivity contribution in [1.29, 1.82) is 0 Å². The van der Waals surface area contributed by atoms with Crippen molar-refractivity contribution < 1.29 is 20.3 Å². The average Bonchev–Trinajstić information content (AvgIpc) is 2.33. The second-order valence-electron chi connectivity index (χ2n) is 3.67. The van der Waals surface area contributed by atoms with Gasteiger partial charge in [-0.3, -0.25) is 0 Å². The molecule has 0 saturated heterocycles. The molecule has 4 N–H and O–H groups in total. The van der Waals surface area contributed by atoms with Gasteiger partial charge in [0.15, 0.2) is 0 Å². The summed E-state index contributed by atoms with van der Waals surface area (Å²) in [6.07, 6.45) is 0.283. The van der Waals surface area contributed by atoms with E-state index in [1.807, 2.05) is 35.6 Å². The molecular formula is C12H20NO3+. The largest absolute Gasteiger partial charge is 0.491 e. The number of quaternary nitrogens is 1. The van der Waals surface area contributed by atoms with Crippen LogP contribution in [-0.2, 0) is 0 Å². The lowest BCUT2D eigenvalue weighted by molar-refractivity contribution is -0.661. The second kappa shape index (κ2) is 8.10. The zero-order chi connectivity index (χ0) is 11.6. The van der Waals surface area contributed by atoms with Crippen LogP contribution >= 0.6 is 0 Å². The van der Waals surface area contributed by atoms with Crippen LogP contribution in [0.15, 0.2) is 30.3 Å². The number of nitrogens with two attached hydrogens (primary N) is 1. The molecule has 0 amide bonds. The number of rotatable bonds is 8. The highest BCUT2D eigenvalue weighted by atomic mass is 16.5. The number of para-hydroxylation sites is 1. The van der Waals surface area contributed by atoms with Gasteiger partial charge in [-0.25, -0.2) is 0 Å². The molecule has 1 aromatic carbocycles. The minimum Gasteiger partial charge on any atom is -0.491 e. The van der Waals surface area contributed by atoms with E-state index in [1.165, 1.54) is 0 Å². The summed E-state index contributed by atoms with van der Waals surface area (Å²) in [5, 5.41) is 20.1. The Bertz CT molecular complexity index is 266. The summed E-state index contributed by atoms with van der Waals surface area (Å²) in [6.45, 7) is 1.94. The van der Waals surface area contributed by atoms with E-state index >= 15 is 0 Å². The topological polar surface area (TPSA) is 66.3 Å². The molecule has 0 aliphatic heterocycles. The first kappa shape index (κ1) is 13.0. The van der Waals surface area contributed by atoms with Crippen LogP contribution in [0.3, 0.4) is 0 Å². The highest BCUT2D eigenvalue weighted by Crippen LogP contribution is 2.07. The van der Waals surface area contributed by atoms with Gasteiger partial charge >= 0.3 is 0 Å². The number of aliphatic hydroxyl groups is 2. The van der Waals surface area contributed by atoms with E-state index in [0.717, 1.165) is 18.7 Å². The first-order valence-electron chi connectivity index (χ1n) is 5.61. The van der Waals surface area contributed by atoms with E-state index in [9.17, 15) is 5.11 Å². The second-order valence-corrected chi connectivity index (χ2v) is 3.67. The highest BCUT2D eigenvalue weighted by molar-refractivity contribution is 5.20. The molecule has 0 unspecified atom stereocenters. The minimum absolute atomic E-state index is 0.201. The molecule has 90 valence electrons. The predicted octanol–water partition coefficient (Wildman–Crippen LogP) is -0.628. The summed E-state index contributed by atoms with van der Waals surface area (Å²) in [4.78, 5) is 0. The van der Waals surface area contributed by atoms with Gasteiger partial charge in [-0.2, -0.15) is 0 Å². The fourth-order valence-corrected chi connectivity index (χ4v) is 1.32. The third-order valence-corrected chi connectivity index (χ3v) is 2.19.